The maximum Gasteiger partial charge on any atom is 0.236 e. The van der Waals surface area contributed by atoms with Crippen molar-refractivity contribution in [3.8, 4) is 10.8 Å². The van der Waals surface area contributed by atoms with Gasteiger partial charge in [-0.05, 0) is 31.3 Å². The third-order valence-corrected chi connectivity index (χ3v) is 4.10. The quantitative estimate of drug-likeness (QED) is 0.811. The fraction of sp³-hybridized carbons (Fsp3) is 0.533. The summed E-state index contributed by atoms with van der Waals surface area (Å²) >= 11 is 1.63. The van der Waals surface area contributed by atoms with Crippen LogP contribution in [0.1, 0.15) is 31.2 Å². The molecule has 0 spiro atoms. The molecule has 4 nitrogen and oxygen atoms in total. The van der Waals surface area contributed by atoms with Crippen molar-refractivity contribution in [2.75, 3.05) is 19.7 Å². The molecule has 2 rings (SSSR count). The molecule has 0 atom stereocenters. The molecule has 0 saturated carbocycles. The molecule has 0 radical (unpaired) electrons. The molecule has 0 fully saturated rings. The normalized spacial score (nSPS) is 11.4. The number of unbranched alkanes of at least 4 members (excludes halogenated alkanes) is 1. The summed E-state index contributed by atoms with van der Waals surface area (Å²) in [7, 11) is 0. The minimum Gasteiger partial charge on any atom is -0.440 e. The van der Waals surface area contributed by atoms with E-state index in [1.807, 2.05) is 24.4 Å². The number of nitrogens with zero attached hydrogens (tertiary/aromatic N) is 2. The van der Waals surface area contributed by atoms with E-state index in [9.17, 15) is 0 Å². The minimum atomic E-state index is 0.179. The second-order valence-corrected chi connectivity index (χ2v) is 5.80. The Balaban J connectivity index is 2.07. The number of thiophene rings is 1. The molecule has 0 saturated heterocycles. The van der Waals surface area contributed by atoms with E-state index in [0.29, 0.717) is 12.4 Å². The lowest BCUT2D eigenvalue weighted by Crippen LogP contribution is -2.28. The highest BCUT2D eigenvalue weighted by molar-refractivity contribution is 7.13. The van der Waals surface area contributed by atoms with Crippen molar-refractivity contribution in [2.24, 2.45) is 0 Å². The summed E-state index contributed by atoms with van der Waals surface area (Å²) in [6, 6.07) is 4.01. The van der Waals surface area contributed by atoms with Gasteiger partial charge in [-0.25, -0.2) is 4.98 Å². The first kappa shape index (κ1) is 15.2. The molecule has 0 unspecified atom stereocenters. The molecule has 0 aliphatic carbocycles. The molecule has 1 N–H and O–H groups in total. The van der Waals surface area contributed by atoms with Crippen LogP contribution in [0.15, 0.2) is 21.9 Å². The Morgan fingerprint density at radius 3 is 2.90 bits per heavy atom. The van der Waals surface area contributed by atoms with Gasteiger partial charge in [0.15, 0.2) is 0 Å². The van der Waals surface area contributed by atoms with Crippen molar-refractivity contribution in [3.63, 3.8) is 0 Å². The summed E-state index contributed by atoms with van der Waals surface area (Å²) in [5.74, 6) is 1.57. The number of aliphatic hydroxyl groups excluding tert-OH is 1. The van der Waals surface area contributed by atoms with E-state index in [-0.39, 0.29) is 6.61 Å². The molecular weight excluding hydrogens is 272 g/mol. The fourth-order valence-corrected chi connectivity index (χ4v) is 2.73. The molecule has 2 aromatic heterocycles. The number of oxazole rings is 1. The molecule has 20 heavy (non-hydrogen) atoms. The molecule has 2 aromatic rings. The van der Waals surface area contributed by atoms with Gasteiger partial charge >= 0.3 is 0 Å². The summed E-state index contributed by atoms with van der Waals surface area (Å²) < 4.78 is 5.75. The van der Waals surface area contributed by atoms with Gasteiger partial charge < -0.3 is 9.52 Å². The molecular formula is C15H22N2O2S. The van der Waals surface area contributed by atoms with Crippen LogP contribution in [0.2, 0.25) is 0 Å². The smallest absolute Gasteiger partial charge is 0.236 e. The topological polar surface area (TPSA) is 49.5 Å². The van der Waals surface area contributed by atoms with Crippen molar-refractivity contribution in [1.29, 1.82) is 0 Å². The third kappa shape index (κ3) is 3.91. The lowest BCUT2D eigenvalue weighted by molar-refractivity contribution is 0.186. The monoisotopic (exact) mass is 294 g/mol. The van der Waals surface area contributed by atoms with Crippen molar-refractivity contribution < 1.29 is 9.52 Å². The predicted octanol–water partition coefficient (Wildman–Crippen LogP) is 3.31. The summed E-state index contributed by atoms with van der Waals surface area (Å²) in [6.45, 7) is 6.71. The van der Waals surface area contributed by atoms with Crippen LogP contribution in [0.25, 0.3) is 10.8 Å². The highest BCUT2D eigenvalue weighted by atomic mass is 32.1. The standard InChI is InChI=1S/C15H22N2O2S/c1-3-4-7-17(8-9-18)11-13-12(2)19-15(16-13)14-6-5-10-20-14/h5-6,10,18H,3-4,7-9,11H2,1-2H3. The van der Waals surface area contributed by atoms with Gasteiger partial charge in [-0.3, -0.25) is 4.90 Å². The van der Waals surface area contributed by atoms with Gasteiger partial charge in [-0.15, -0.1) is 11.3 Å². The van der Waals surface area contributed by atoms with Gasteiger partial charge in [-0.1, -0.05) is 19.4 Å². The van der Waals surface area contributed by atoms with Crippen LogP contribution in [-0.4, -0.2) is 34.7 Å². The highest BCUT2D eigenvalue weighted by Gasteiger charge is 2.15. The van der Waals surface area contributed by atoms with Gasteiger partial charge in [0.1, 0.15) is 5.76 Å². The first-order valence-corrected chi connectivity index (χ1v) is 7.96. The fourth-order valence-electron chi connectivity index (χ4n) is 2.09. The second kappa shape index (κ2) is 7.57. The highest BCUT2D eigenvalue weighted by Crippen LogP contribution is 2.26. The Kier molecular flexibility index (Phi) is 5.76. The SMILES string of the molecule is CCCCN(CCO)Cc1nc(-c2cccs2)oc1C. The van der Waals surface area contributed by atoms with E-state index < -0.39 is 0 Å². The number of rotatable bonds is 8. The van der Waals surface area contributed by atoms with E-state index in [1.54, 1.807) is 11.3 Å². The molecule has 2 heterocycles. The zero-order chi connectivity index (χ0) is 14.4. The Labute approximate surface area is 124 Å². The van der Waals surface area contributed by atoms with Gasteiger partial charge in [-0.2, -0.15) is 0 Å². The maximum atomic E-state index is 9.15. The lowest BCUT2D eigenvalue weighted by atomic mass is 10.3. The summed E-state index contributed by atoms with van der Waals surface area (Å²) in [5, 5.41) is 11.2. The van der Waals surface area contributed by atoms with E-state index in [1.165, 1.54) is 0 Å². The van der Waals surface area contributed by atoms with Crippen LogP contribution in [0, 0.1) is 6.92 Å². The van der Waals surface area contributed by atoms with Crippen molar-refractivity contribution >= 4 is 11.3 Å². The van der Waals surface area contributed by atoms with Gasteiger partial charge in [0.2, 0.25) is 5.89 Å². The van der Waals surface area contributed by atoms with Gasteiger partial charge in [0.05, 0.1) is 17.2 Å². The molecule has 0 aliphatic heterocycles. The Bertz CT molecular complexity index is 508. The van der Waals surface area contributed by atoms with Crippen molar-refractivity contribution in [1.82, 2.24) is 9.88 Å². The van der Waals surface area contributed by atoms with E-state index in [4.69, 9.17) is 9.52 Å². The molecule has 5 heteroatoms. The van der Waals surface area contributed by atoms with E-state index >= 15 is 0 Å². The van der Waals surface area contributed by atoms with Crippen LogP contribution in [0.4, 0.5) is 0 Å². The first-order chi connectivity index (χ1) is 9.74. The lowest BCUT2D eigenvalue weighted by Gasteiger charge is -2.19. The van der Waals surface area contributed by atoms with Crippen LogP contribution in [0.3, 0.4) is 0 Å². The van der Waals surface area contributed by atoms with Crippen molar-refractivity contribution in [3.05, 3.63) is 29.0 Å². The van der Waals surface area contributed by atoms with Crippen LogP contribution in [-0.2, 0) is 6.54 Å². The number of hydrogen-bond acceptors (Lipinski definition) is 5. The second-order valence-electron chi connectivity index (χ2n) is 4.85. The molecule has 0 aromatic carbocycles. The number of aliphatic hydroxyl groups is 1. The Morgan fingerprint density at radius 2 is 2.25 bits per heavy atom. The van der Waals surface area contributed by atoms with Crippen molar-refractivity contribution in [2.45, 2.75) is 33.2 Å². The zero-order valence-electron chi connectivity index (χ0n) is 12.1. The van der Waals surface area contributed by atoms with Crippen LogP contribution >= 0.6 is 11.3 Å². The third-order valence-electron chi connectivity index (χ3n) is 3.24. The average Bonchev–Trinajstić information content (AvgIpc) is 3.06. The molecule has 0 amide bonds. The predicted molar refractivity (Wildman–Crippen MR) is 81.8 cm³/mol. The first-order valence-electron chi connectivity index (χ1n) is 7.08. The number of aryl methyl sites for hydroxylation is 1. The zero-order valence-corrected chi connectivity index (χ0v) is 12.9. The van der Waals surface area contributed by atoms with Crippen LogP contribution in [0.5, 0.6) is 0 Å². The van der Waals surface area contributed by atoms with Crippen LogP contribution < -0.4 is 0 Å². The average molecular weight is 294 g/mol. The molecule has 0 aliphatic rings. The largest absolute Gasteiger partial charge is 0.440 e. The van der Waals surface area contributed by atoms with E-state index in [2.05, 4.69) is 16.8 Å². The summed E-state index contributed by atoms with van der Waals surface area (Å²) in [4.78, 5) is 7.89. The number of hydrogen-bond donors (Lipinski definition) is 1. The van der Waals surface area contributed by atoms with Gasteiger partial charge in [0, 0.05) is 13.1 Å². The molecule has 110 valence electrons. The maximum absolute atomic E-state index is 9.15. The molecule has 0 bridgehead atoms. The van der Waals surface area contributed by atoms with Gasteiger partial charge in [0.25, 0.3) is 0 Å². The number of aromatic nitrogens is 1. The summed E-state index contributed by atoms with van der Waals surface area (Å²) in [5.41, 5.74) is 0.970. The Morgan fingerprint density at radius 1 is 1.40 bits per heavy atom. The summed E-state index contributed by atoms with van der Waals surface area (Å²) in [6.07, 6.45) is 2.29. The van der Waals surface area contributed by atoms with E-state index in [0.717, 1.165) is 42.3 Å². The minimum absolute atomic E-state index is 0.179. The Hall–Kier alpha value is -1.17.